The molecular weight excluding hydrogens is 422 g/mol. The number of amides is 1. The van der Waals surface area contributed by atoms with Gasteiger partial charge in [0.25, 0.3) is 0 Å². The van der Waals surface area contributed by atoms with Crippen LogP contribution in [0.3, 0.4) is 0 Å². The van der Waals surface area contributed by atoms with E-state index >= 15 is 0 Å². The van der Waals surface area contributed by atoms with Crippen molar-refractivity contribution in [3.63, 3.8) is 0 Å². The molecule has 30 heavy (non-hydrogen) atoms. The SMILES string of the molecule is O=C(CCC(=O)N1Cc2cc3c(cc2C2(CCCC2)C1)OCCO3)c1ccc(Cl)s1. The monoisotopic (exact) mass is 445 g/mol. The lowest BCUT2D eigenvalue weighted by Crippen LogP contribution is -2.47. The lowest BCUT2D eigenvalue weighted by Gasteiger charge is -2.43. The molecule has 1 aromatic heterocycles. The Bertz CT molecular complexity index is 995. The van der Waals surface area contributed by atoms with Gasteiger partial charge in [0.1, 0.15) is 13.2 Å². The summed E-state index contributed by atoms with van der Waals surface area (Å²) in [6.45, 7) is 2.41. The number of hydrogen-bond acceptors (Lipinski definition) is 5. The fourth-order valence-corrected chi connectivity index (χ4v) is 6.10. The van der Waals surface area contributed by atoms with E-state index in [-0.39, 0.29) is 29.9 Å². The van der Waals surface area contributed by atoms with Gasteiger partial charge in [-0.2, -0.15) is 0 Å². The second-order valence-corrected chi connectivity index (χ2v) is 10.1. The molecule has 1 fully saturated rings. The Kier molecular flexibility index (Phi) is 5.23. The zero-order valence-electron chi connectivity index (χ0n) is 16.7. The lowest BCUT2D eigenvalue weighted by atomic mass is 9.73. The largest absolute Gasteiger partial charge is 0.486 e. The highest BCUT2D eigenvalue weighted by Crippen LogP contribution is 2.49. The fourth-order valence-electron chi connectivity index (χ4n) is 5.09. The van der Waals surface area contributed by atoms with Crippen LogP contribution in [0.25, 0.3) is 0 Å². The molecule has 1 aliphatic carbocycles. The maximum Gasteiger partial charge on any atom is 0.223 e. The first-order valence-electron chi connectivity index (χ1n) is 10.5. The van der Waals surface area contributed by atoms with E-state index in [1.54, 1.807) is 12.1 Å². The number of Topliss-reactive ketones (excluding diaryl/α,β-unsaturated/α-hetero) is 1. The van der Waals surface area contributed by atoms with Crippen LogP contribution in [-0.4, -0.2) is 36.3 Å². The maximum atomic E-state index is 13.1. The summed E-state index contributed by atoms with van der Waals surface area (Å²) in [5, 5.41) is 0. The predicted octanol–water partition coefficient (Wildman–Crippen LogP) is 4.99. The summed E-state index contributed by atoms with van der Waals surface area (Å²) in [6.07, 6.45) is 4.95. The molecule has 2 aliphatic heterocycles. The number of ketones is 1. The van der Waals surface area contributed by atoms with Crippen LogP contribution >= 0.6 is 22.9 Å². The van der Waals surface area contributed by atoms with Gasteiger partial charge < -0.3 is 14.4 Å². The molecular formula is C23H24ClNO4S. The summed E-state index contributed by atoms with van der Waals surface area (Å²) in [5.74, 6) is 1.61. The van der Waals surface area contributed by atoms with Crippen molar-refractivity contribution in [1.29, 1.82) is 0 Å². The van der Waals surface area contributed by atoms with Crippen molar-refractivity contribution in [1.82, 2.24) is 4.90 Å². The summed E-state index contributed by atoms with van der Waals surface area (Å²) in [4.78, 5) is 28.0. The normalized spacial score (nSPS) is 19.0. The van der Waals surface area contributed by atoms with Crippen LogP contribution in [0.15, 0.2) is 24.3 Å². The van der Waals surface area contributed by atoms with Crippen molar-refractivity contribution in [2.45, 2.75) is 50.5 Å². The van der Waals surface area contributed by atoms with Gasteiger partial charge in [-0.05, 0) is 48.2 Å². The molecule has 0 N–H and O–H groups in total. The van der Waals surface area contributed by atoms with E-state index in [9.17, 15) is 9.59 Å². The van der Waals surface area contributed by atoms with Gasteiger partial charge in [-0.1, -0.05) is 24.4 Å². The van der Waals surface area contributed by atoms with Crippen molar-refractivity contribution >= 4 is 34.6 Å². The molecule has 1 saturated carbocycles. The van der Waals surface area contributed by atoms with Crippen LogP contribution in [0.1, 0.15) is 59.3 Å². The number of rotatable bonds is 4. The number of carbonyl (C=O) groups is 2. The number of benzene rings is 1. The molecule has 2 aromatic rings. The fraction of sp³-hybridized carbons (Fsp3) is 0.478. The molecule has 0 radical (unpaired) electrons. The molecule has 0 saturated heterocycles. The van der Waals surface area contributed by atoms with Crippen LogP contribution in [0.5, 0.6) is 11.5 Å². The number of halogens is 1. The van der Waals surface area contributed by atoms with Crippen molar-refractivity contribution in [3.05, 3.63) is 44.6 Å². The summed E-state index contributed by atoms with van der Waals surface area (Å²) < 4.78 is 12.2. The highest BCUT2D eigenvalue weighted by Gasteiger charge is 2.43. The van der Waals surface area contributed by atoms with Gasteiger partial charge in [-0.25, -0.2) is 0 Å². The predicted molar refractivity (Wildman–Crippen MR) is 116 cm³/mol. The number of ether oxygens (including phenoxy) is 2. The van der Waals surface area contributed by atoms with Gasteiger partial charge in [-0.3, -0.25) is 9.59 Å². The van der Waals surface area contributed by atoms with E-state index in [0.717, 1.165) is 36.4 Å². The van der Waals surface area contributed by atoms with Gasteiger partial charge in [0, 0.05) is 31.3 Å². The summed E-state index contributed by atoms with van der Waals surface area (Å²) in [7, 11) is 0. The van der Waals surface area contributed by atoms with Crippen LogP contribution in [-0.2, 0) is 16.8 Å². The van der Waals surface area contributed by atoms with E-state index in [1.165, 1.54) is 29.7 Å². The Morgan fingerprint density at radius 3 is 2.50 bits per heavy atom. The first-order valence-corrected chi connectivity index (χ1v) is 11.7. The molecule has 3 aliphatic rings. The van der Waals surface area contributed by atoms with E-state index in [4.69, 9.17) is 21.1 Å². The Labute approximate surface area is 184 Å². The van der Waals surface area contributed by atoms with Gasteiger partial charge in [-0.15, -0.1) is 11.3 Å². The summed E-state index contributed by atoms with van der Waals surface area (Å²) >= 11 is 7.20. The standard InChI is InChI=1S/C23H24ClNO4S/c24-21-5-4-20(30-21)17(26)3-6-22(27)25-13-15-11-18-19(29-10-9-28-18)12-16(15)23(14-25)7-1-2-8-23/h4-5,11-12H,1-3,6-10,13-14H2. The Morgan fingerprint density at radius 2 is 1.80 bits per heavy atom. The summed E-state index contributed by atoms with van der Waals surface area (Å²) in [5.41, 5.74) is 2.46. The molecule has 3 heterocycles. The Morgan fingerprint density at radius 1 is 1.07 bits per heavy atom. The van der Waals surface area contributed by atoms with Crippen LogP contribution in [0, 0.1) is 0 Å². The zero-order valence-corrected chi connectivity index (χ0v) is 18.3. The van der Waals surface area contributed by atoms with Crippen LogP contribution in [0.4, 0.5) is 0 Å². The van der Waals surface area contributed by atoms with Gasteiger partial charge in [0.05, 0.1) is 9.21 Å². The molecule has 5 nitrogen and oxygen atoms in total. The zero-order chi connectivity index (χ0) is 20.7. The van der Waals surface area contributed by atoms with Crippen LogP contribution < -0.4 is 9.47 Å². The first-order chi connectivity index (χ1) is 14.5. The minimum absolute atomic E-state index is 0.00956. The third-order valence-corrected chi connectivity index (χ3v) is 7.79. The topological polar surface area (TPSA) is 55.8 Å². The molecule has 0 atom stereocenters. The molecule has 0 bridgehead atoms. The lowest BCUT2D eigenvalue weighted by molar-refractivity contribution is -0.133. The van der Waals surface area contributed by atoms with Crippen molar-refractivity contribution in [2.75, 3.05) is 19.8 Å². The number of fused-ring (bicyclic) bond motifs is 3. The molecule has 0 unspecified atom stereocenters. The van der Waals surface area contributed by atoms with Crippen molar-refractivity contribution in [3.8, 4) is 11.5 Å². The van der Waals surface area contributed by atoms with E-state index in [0.29, 0.717) is 29.0 Å². The minimum Gasteiger partial charge on any atom is -0.486 e. The van der Waals surface area contributed by atoms with Crippen molar-refractivity contribution in [2.24, 2.45) is 0 Å². The second-order valence-electron chi connectivity index (χ2n) is 8.42. The smallest absolute Gasteiger partial charge is 0.223 e. The number of thiophene rings is 1. The third-order valence-electron chi connectivity index (χ3n) is 6.52. The molecule has 158 valence electrons. The average Bonchev–Trinajstić information content (AvgIpc) is 3.40. The number of carbonyl (C=O) groups excluding carboxylic acids is 2. The minimum atomic E-state index is -0.0205. The number of nitrogens with zero attached hydrogens (tertiary/aromatic N) is 1. The molecule has 1 spiro atoms. The van der Waals surface area contributed by atoms with Gasteiger partial charge in [0.15, 0.2) is 17.3 Å². The number of hydrogen-bond donors (Lipinski definition) is 0. The highest BCUT2D eigenvalue weighted by atomic mass is 35.5. The highest BCUT2D eigenvalue weighted by molar-refractivity contribution is 7.18. The van der Waals surface area contributed by atoms with Gasteiger partial charge >= 0.3 is 0 Å². The molecule has 7 heteroatoms. The van der Waals surface area contributed by atoms with Crippen LogP contribution in [0.2, 0.25) is 4.34 Å². The van der Waals surface area contributed by atoms with E-state index in [2.05, 4.69) is 12.1 Å². The molecule has 1 amide bonds. The Hall–Kier alpha value is -2.05. The Balaban J connectivity index is 1.35. The molecule has 5 rings (SSSR count). The van der Waals surface area contributed by atoms with E-state index in [1.807, 2.05) is 4.90 Å². The summed E-state index contributed by atoms with van der Waals surface area (Å²) in [6, 6.07) is 7.66. The third kappa shape index (κ3) is 3.60. The molecule has 1 aromatic carbocycles. The van der Waals surface area contributed by atoms with E-state index < -0.39 is 0 Å². The van der Waals surface area contributed by atoms with Gasteiger partial charge in [0.2, 0.25) is 5.91 Å². The maximum absolute atomic E-state index is 13.1. The second kappa shape index (κ2) is 7.89. The average molecular weight is 446 g/mol. The first kappa shape index (κ1) is 19.9. The quantitative estimate of drug-likeness (QED) is 0.622. The van der Waals surface area contributed by atoms with Crippen molar-refractivity contribution < 1.29 is 19.1 Å².